The van der Waals surface area contributed by atoms with Gasteiger partial charge in [0.05, 0.1) is 0 Å². The normalized spacial score (nSPS) is 13.2. The van der Waals surface area contributed by atoms with Crippen molar-refractivity contribution < 1.29 is 0 Å². The van der Waals surface area contributed by atoms with Crippen LogP contribution in [0.15, 0.2) is 12.2 Å². The summed E-state index contributed by atoms with van der Waals surface area (Å²) < 4.78 is 0. The first-order chi connectivity index (χ1) is 4.22. The monoisotopic (exact) mass is 127 g/mol. The molecule has 9 heavy (non-hydrogen) atoms. The number of nitrogens with two attached hydrogens (primary N) is 1. The Balaban J connectivity index is 3.46. The summed E-state index contributed by atoms with van der Waals surface area (Å²) in [4.78, 5) is 0. The van der Waals surface area contributed by atoms with Gasteiger partial charge >= 0.3 is 0 Å². The maximum atomic E-state index is 5.36. The van der Waals surface area contributed by atoms with Crippen molar-refractivity contribution >= 4 is 0 Å². The Morgan fingerprint density at radius 1 is 1.67 bits per heavy atom. The summed E-state index contributed by atoms with van der Waals surface area (Å²) in [5.74, 6) is 0.647. The minimum atomic E-state index is 0.647. The predicted octanol–water partition coefficient (Wildman–Crippen LogP) is 1.94. The van der Waals surface area contributed by atoms with Crippen molar-refractivity contribution in [3.8, 4) is 0 Å². The molecular weight excluding hydrogens is 110 g/mol. The Bertz CT molecular complexity index is 86.6. The highest BCUT2D eigenvalue weighted by atomic mass is 14.5. The summed E-state index contributed by atoms with van der Waals surface area (Å²) in [5, 5.41) is 0. The van der Waals surface area contributed by atoms with Crippen LogP contribution in [0.2, 0.25) is 0 Å². The highest BCUT2D eigenvalue weighted by Crippen LogP contribution is 2.13. The molecule has 0 fully saturated rings. The molecule has 0 aliphatic carbocycles. The van der Waals surface area contributed by atoms with Gasteiger partial charge in [-0.05, 0) is 25.3 Å². The van der Waals surface area contributed by atoms with E-state index in [1.54, 1.807) is 0 Å². The largest absolute Gasteiger partial charge is 0.330 e. The fraction of sp³-hybridized carbons (Fsp3) is 0.750. The van der Waals surface area contributed by atoms with Crippen LogP contribution in [0.5, 0.6) is 0 Å². The van der Waals surface area contributed by atoms with Crippen molar-refractivity contribution in [1.82, 2.24) is 0 Å². The third-order valence-corrected chi connectivity index (χ3v) is 1.77. The Kier molecular flexibility index (Phi) is 4.41. The molecule has 0 radical (unpaired) electrons. The number of rotatable bonds is 4. The van der Waals surface area contributed by atoms with Gasteiger partial charge in [-0.1, -0.05) is 26.0 Å². The van der Waals surface area contributed by atoms with Crippen molar-refractivity contribution in [1.29, 1.82) is 0 Å². The van der Waals surface area contributed by atoms with Gasteiger partial charge in [-0.15, -0.1) is 0 Å². The molecule has 0 rings (SSSR count). The van der Waals surface area contributed by atoms with Crippen molar-refractivity contribution in [2.24, 2.45) is 11.7 Å². The van der Waals surface area contributed by atoms with E-state index in [-0.39, 0.29) is 0 Å². The molecule has 0 aromatic rings. The Morgan fingerprint density at radius 3 is 2.56 bits per heavy atom. The van der Waals surface area contributed by atoms with Crippen molar-refractivity contribution in [2.75, 3.05) is 6.54 Å². The molecule has 0 aliphatic heterocycles. The van der Waals surface area contributed by atoms with E-state index in [4.69, 9.17) is 5.73 Å². The lowest BCUT2D eigenvalue weighted by molar-refractivity contribution is 0.628. The summed E-state index contributed by atoms with van der Waals surface area (Å²) in [5.41, 5.74) is 6.65. The Hall–Kier alpha value is -0.300. The average molecular weight is 127 g/mol. The van der Waals surface area contributed by atoms with E-state index in [2.05, 4.69) is 20.4 Å². The van der Waals surface area contributed by atoms with Gasteiger partial charge < -0.3 is 5.73 Å². The first-order valence-corrected chi connectivity index (χ1v) is 3.60. The van der Waals surface area contributed by atoms with Crippen LogP contribution >= 0.6 is 0 Å². The molecule has 0 aliphatic rings. The first-order valence-electron chi connectivity index (χ1n) is 3.60. The quantitative estimate of drug-likeness (QED) is 0.574. The molecule has 0 saturated heterocycles. The van der Waals surface area contributed by atoms with Crippen LogP contribution in [0.1, 0.15) is 26.7 Å². The second kappa shape index (κ2) is 4.57. The van der Waals surface area contributed by atoms with E-state index < -0.39 is 0 Å². The zero-order chi connectivity index (χ0) is 7.28. The van der Waals surface area contributed by atoms with Gasteiger partial charge in [-0.3, -0.25) is 0 Å². The lowest BCUT2D eigenvalue weighted by Crippen LogP contribution is -2.04. The van der Waals surface area contributed by atoms with E-state index in [1.165, 1.54) is 12.0 Å². The van der Waals surface area contributed by atoms with Crippen LogP contribution in [0, 0.1) is 5.92 Å². The van der Waals surface area contributed by atoms with Crippen LogP contribution in [-0.2, 0) is 0 Å². The van der Waals surface area contributed by atoms with Crippen molar-refractivity contribution in [3.05, 3.63) is 12.2 Å². The topological polar surface area (TPSA) is 26.0 Å². The smallest absolute Gasteiger partial charge is 0.00399 e. The molecule has 1 unspecified atom stereocenters. The Morgan fingerprint density at radius 2 is 2.22 bits per heavy atom. The van der Waals surface area contributed by atoms with E-state index in [0.717, 1.165) is 13.0 Å². The molecule has 0 saturated carbocycles. The predicted molar refractivity (Wildman–Crippen MR) is 42.3 cm³/mol. The summed E-state index contributed by atoms with van der Waals surface area (Å²) in [7, 11) is 0. The van der Waals surface area contributed by atoms with Gasteiger partial charge in [0, 0.05) is 0 Å². The van der Waals surface area contributed by atoms with Crippen molar-refractivity contribution in [2.45, 2.75) is 26.7 Å². The highest BCUT2D eigenvalue weighted by molar-refractivity contribution is 4.98. The standard InChI is InChI=1S/C8H17N/c1-4-7(2)8(3)5-6-9/h7H,3-6,9H2,1-2H3. The van der Waals surface area contributed by atoms with Gasteiger partial charge in [-0.25, -0.2) is 0 Å². The summed E-state index contributed by atoms with van der Waals surface area (Å²) >= 11 is 0. The molecule has 54 valence electrons. The molecule has 0 bridgehead atoms. The van der Waals surface area contributed by atoms with E-state index in [9.17, 15) is 0 Å². The van der Waals surface area contributed by atoms with Crippen LogP contribution in [0.4, 0.5) is 0 Å². The maximum Gasteiger partial charge on any atom is -0.00399 e. The highest BCUT2D eigenvalue weighted by Gasteiger charge is 2.00. The van der Waals surface area contributed by atoms with Crippen LogP contribution in [-0.4, -0.2) is 6.54 Å². The average Bonchev–Trinajstić information content (AvgIpc) is 1.87. The summed E-state index contributed by atoms with van der Waals surface area (Å²) in [6, 6.07) is 0. The molecule has 1 atom stereocenters. The fourth-order valence-corrected chi connectivity index (χ4v) is 0.720. The SMILES string of the molecule is C=C(CCN)C(C)CC. The fourth-order valence-electron chi connectivity index (χ4n) is 0.720. The van der Waals surface area contributed by atoms with Gasteiger partial charge in [0.25, 0.3) is 0 Å². The summed E-state index contributed by atoms with van der Waals surface area (Å²) in [6.07, 6.45) is 2.16. The third kappa shape index (κ3) is 3.31. The zero-order valence-electron chi connectivity index (χ0n) is 6.48. The minimum Gasteiger partial charge on any atom is -0.330 e. The van der Waals surface area contributed by atoms with Crippen molar-refractivity contribution in [3.63, 3.8) is 0 Å². The molecule has 2 N–H and O–H groups in total. The van der Waals surface area contributed by atoms with Crippen LogP contribution < -0.4 is 5.73 Å². The molecule has 1 nitrogen and oxygen atoms in total. The molecular formula is C8H17N. The maximum absolute atomic E-state index is 5.36. The lowest BCUT2D eigenvalue weighted by atomic mass is 9.98. The third-order valence-electron chi connectivity index (χ3n) is 1.77. The van der Waals surface area contributed by atoms with Gasteiger partial charge in [0.2, 0.25) is 0 Å². The van der Waals surface area contributed by atoms with Gasteiger partial charge in [0.15, 0.2) is 0 Å². The molecule has 0 aromatic carbocycles. The minimum absolute atomic E-state index is 0.647. The number of hydrogen-bond donors (Lipinski definition) is 1. The first kappa shape index (κ1) is 8.70. The zero-order valence-corrected chi connectivity index (χ0v) is 6.48. The Labute approximate surface area is 57.9 Å². The lowest BCUT2D eigenvalue weighted by Gasteiger charge is -2.09. The molecule has 0 heterocycles. The van der Waals surface area contributed by atoms with E-state index in [0.29, 0.717) is 5.92 Å². The van der Waals surface area contributed by atoms with Crippen LogP contribution in [0.3, 0.4) is 0 Å². The summed E-state index contributed by atoms with van der Waals surface area (Å²) in [6.45, 7) is 9.04. The molecule has 0 amide bonds. The molecule has 0 aromatic heterocycles. The molecule has 0 spiro atoms. The molecule has 1 heteroatoms. The van der Waals surface area contributed by atoms with Crippen LogP contribution in [0.25, 0.3) is 0 Å². The van der Waals surface area contributed by atoms with E-state index >= 15 is 0 Å². The second-order valence-corrected chi connectivity index (χ2v) is 2.51. The van der Waals surface area contributed by atoms with E-state index in [1.807, 2.05) is 0 Å². The van der Waals surface area contributed by atoms with Gasteiger partial charge in [-0.2, -0.15) is 0 Å². The second-order valence-electron chi connectivity index (χ2n) is 2.51. The van der Waals surface area contributed by atoms with Gasteiger partial charge in [0.1, 0.15) is 0 Å². The number of hydrogen-bond acceptors (Lipinski definition) is 1.